The Bertz CT molecular complexity index is 788. The number of methoxy groups -OCH3 is 1. The lowest BCUT2D eigenvalue weighted by Gasteiger charge is -2.39. The third-order valence-electron chi connectivity index (χ3n) is 5.55. The molecule has 150 valence electrons. The zero-order chi connectivity index (χ0) is 20.2. The molecule has 0 spiro atoms. The molecule has 1 unspecified atom stereocenters. The Labute approximate surface area is 172 Å². The molecular formula is C24H31NO2S. The van der Waals surface area contributed by atoms with Crippen LogP contribution in [0.1, 0.15) is 64.0 Å². The molecule has 0 aliphatic heterocycles. The van der Waals surface area contributed by atoms with Gasteiger partial charge in [-0.2, -0.15) is 0 Å². The molecule has 1 saturated carbocycles. The third-order valence-corrected chi connectivity index (χ3v) is 6.94. The minimum Gasteiger partial charge on any atom is -0.591 e. The van der Waals surface area contributed by atoms with E-state index >= 15 is 0 Å². The molecule has 2 aromatic carbocycles. The predicted octanol–water partition coefficient (Wildman–Crippen LogP) is 5.85. The minimum atomic E-state index is -1.31. The fourth-order valence-corrected chi connectivity index (χ4v) is 4.68. The van der Waals surface area contributed by atoms with Crippen molar-refractivity contribution in [3.63, 3.8) is 0 Å². The van der Waals surface area contributed by atoms with Crippen molar-refractivity contribution in [2.75, 3.05) is 7.11 Å². The van der Waals surface area contributed by atoms with Crippen LogP contribution in [0.2, 0.25) is 0 Å². The smallest absolute Gasteiger partial charge is 0.144 e. The molecule has 0 aromatic heterocycles. The Balaban J connectivity index is 2.18. The third kappa shape index (κ3) is 4.44. The van der Waals surface area contributed by atoms with Gasteiger partial charge in [-0.3, -0.25) is 0 Å². The molecule has 28 heavy (non-hydrogen) atoms. The molecule has 1 aliphatic rings. The first-order valence-electron chi connectivity index (χ1n) is 10.1. The molecular weight excluding hydrogens is 366 g/mol. The summed E-state index contributed by atoms with van der Waals surface area (Å²) < 4.78 is 22.9. The van der Waals surface area contributed by atoms with Gasteiger partial charge in [0.2, 0.25) is 0 Å². The fraction of sp³-hybridized carbons (Fsp3) is 0.458. The maximum atomic E-state index is 13.1. The van der Waals surface area contributed by atoms with E-state index in [1.807, 2.05) is 51.1 Å². The molecule has 3 rings (SSSR count). The van der Waals surface area contributed by atoms with Gasteiger partial charge in [0.15, 0.2) is 0 Å². The summed E-state index contributed by atoms with van der Waals surface area (Å²) >= 11 is -1.31. The van der Waals surface area contributed by atoms with Crippen LogP contribution < -0.4 is 4.74 Å². The van der Waals surface area contributed by atoms with Gasteiger partial charge in [0.05, 0.1) is 7.11 Å². The van der Waals surface area contributed by atoms with Crippen LogP contribution in [0.15, 0.2) is 59.0 Å². The molecule has 0 heterocycles. The molecule has 0 bridgehead atoms. The highest BCUT2D eigenvalue weighted by atomic mass is 32.2. The molecule has 2 aromatic rings. The van der Waals surface area contributed by atoms with E-state index in [0.29, 0.717) is 0 Å². The van der Waals surface area contributed by atoms with Crippen LogP contribution in [-0.2, 0) is 16.8 Å². The number of rotatable bonds is 5. The van der Waals surface area contributed by atoms with Crippen LogP contribution in [-0.4, -0.2) is 22.1 Å². The fourth-order valence-electron chi connectivity index (χ4n) is 3.96. The number of ether oxygens (including phenoxy) is 1. The molecule has 4 heteroatoms. The molecule has 0 N–H and O–H groups in total. The summed E-state index contributed by atoms with van der Waals surface area (Å²) in [6.07, 6.45) is 5.59. The Hall–Kier alpha value is -1.78. The highest BCUT2D eigenvalue weighted by molar-refractivity contribution is 7.91. The van der Waals surface area contributed by atoms with Gasteiger partial charge in [-0.25, -0.2) is 0 Å². The molecule has 0 radical (unpaired) electrons. The Morgan fingerprint density at radius 3 is 2.11 bits per heavy atom. The van der Waals surface area contributed by atoms with Crippen molar-refractivity contribution in [3.8, 4) is 5.75 Å². The van der Waals surface area contributed by atoms with Crippen LogP contribution in [0.25, 0.3) is 0 Å². The van der Waals surface area contributed by atoms with Crippen molar-refractivity contribution < 1.29 is 9.29 Å². The van der Waals surface area contributed by atoms with Crippen molar-refractivity contribution >= 4 is 17.1 Å². The van der Waals surface area contributed by atoms with Crippen molar-refractivity contribution in [1.82, 2.24) is 0 Å². The van der Waals surface area contributed by atoms with E-state index in [2.05, 4.69) is 24.3 Å². The molecule has 0 saturated heterocycles. The van der Waals surface area contributed by atoms with Crippen LogP contribution in [0.3, 0.4) is 0 Å². The van der Waals surface area contributed by atoms with Gasteiger partial charge in [0.1, 0.15) is 27.6 Å². The van der Waals surface area contributed by atoms with Gasteiger partial charge in [0, 0.05) is 11.0 Å². The normalized spacial score (nSPS) is 18.5. The van der Waals surface area contributed by atoms with Gasteiger partial charge >= 0.3 is 0 Å². The van der Waals surface area contributed by atoms with E-state index in [0.717, 1.165) is 42.7 Å². The summed E-state index contributed by atoms with van der Waals surface area (Å²) in [5.74, 6) is 0.853. The Kier molecular flexibility index (Phi) is 6.51. The first kappa shape index (κ1) is 20.9. The lowest BCUT2D eigenvalue weighted by molar-refractivity contribution is 0.379. The average Bonchev–Trinajstić information content (AvgIpc) is 2.72. The largest absolute Gasteiger partial charge is 0.591 e. The van der Waals surface area contributed by atoms with Gasteiger partial charge < -0.3 is 9.29 Å². The maximum Gasteiger partial charge on any atom is 0.144 e. The van der Waals surface area contributed by atoms with Gasteiger partial charge in [-0.1, -0.05) is 66.1 Å². The van der Waals surface area contributed by atoms with Gasteiger partial charge in [-0.05, 0) is 51.3 Å². The SMILES string of the molecule is COc1ccc(C2(C(=N[S+]([O-])C(C)(C)C)c3ccccc3)CCCCC2)cc1. The Morgan fingerprint density at radius 2 is 1.57 bits per heavy atom. The standard InChI is InChI=1S/C24H31NO2S/c1-23(2,3)28(26)25-22(19-11-7-5-8-12-19)24(17-9-6-10-18-24)20-13-15-21(27-4)16-14-20/h5,7-8,11-16H,6,9-10,17-18H2,1-4H3. The van der Waals surface area contributed by atoms with E-state index in [4.69, 9.17) is 9.13 Å². The molecule has 1 fully saturated rings. The van der Waals surface area contributed by atoms with Crippen molar-refractivity contribution in [2.24, 2.45) is 4.40 Å². The maximum absolute atomic E-state index is 13.1. The number of hydrogen-bond acceptors (Lipinski definition) is 3. The summed E-state index contributed by atoms with van der Waals surface area (Å²) in [5, 5.41) is 0. The quantitative estimate of drug-likeness (QED) is 0.469. The van der Waals surface area contributed by atoms with Crippen LogP contribution in [0.4, 0.5) is 0 Å². The summed E-state index contributed by atoms with van der Waals surface area (Å²) in [6, 6.07) is 18.6. The predicted molar refractivity (Wildman–Crippen MR) is 119 cm³/mol. The first-order valence-corrected chi connectivity index (χ1v) is 11.2. The van der Waals surface area contributed by atoms with E-state index in [1.54, 1.807) is 7.11 Å². The van der Waals surface area contributed by atoms with Crippen LogP contribution >= 0.6 is 0 Å². The van der Waals surface area contributed by atoms with Crippen LogP contribution in [0, 0.1) is 0 Å². The lowest BCUT2D eigenvalue weighted by atomic mass is 9.65. The summed E-state index contributed by atoms with van der Waals surface area (Å²) in [7, 11) is 1.69. The highest BCUT2D eigenvalue weighted by Crippen LogP contribution is 2.43. The molecule has 1 atom stereocenters. The second kappa shape index (κ2) is 8.71. The Morgan fingerprint density at radius 1 is 0.964 bits per heavy atom. The van der Waals surface area contributed by atoms with Crippen LogP contribution in [0.5, 0.6) is 5.75 Å². The summed E-state index contributed by atoms with van der Waals surface area (Å²) in [6.45, 7) is 5.95. The first-order chi connectivity index (χ1) is 13.4. The number of nitrogens with zero attached hydrogens (tertiary/aromatic N) is 1. The zero-order valence-electron chi connectivity index (χ0n) is 17.4. The lowest BCUT2D eigenvalue weighted by Crippen LogP contribution is -2.40. The molecule has 0 amide bonds. The number of hydrogen-bond donors (Lipinski definition) is 0. The van der Waals surface area contributed by atoms with E-state index < -0.39 is 16.1 Å². The van der Waals surface area contributed by atoms with Crippen molar-refractivity contribution in [3.05, 3.63) is 65.7 Å². The second-order valence-corrected chi connectivity index (χ2v) is 10.4. The van der Waals surface area contributed by atoms with E-state index in [1.165, 1.54) is 12.0 Å². The van der Waals surface area contributed by atoms with Gasteiger partial charge in [-0.15, -0.1) is 0 Å². The topological polar surface area (TPSA) is 44.6 Å². The molecule has 1 aliphatic carbocycles. The highest BCUT2D eigenvalue weighted by Gasteiger charge is 2.42. The van der Waals surface area contributed by atoms with Gasteiger partial charge in [0.25, 0.3) is 0 Å². The summed E-state index contributed by atoms with van der Waals surface area (Å²) in [5.41, 5.74) is 3.05. The summed E-state index contributed by atoms with van der Waals surface area (Å²) in [4.78, 5) is 0. The van der Waals surface area contributed by atoms with Crippen molar-refractivity contribution in [1.29, 1.82) is 0 Å². The minimum absolute atomic E-state index is 0.215. The van der Waals surface area contributed by atoms with E-state index in [9.17, 15) is 4.55 Å². The van der Waals surface area contributed by atoms with E-state index in [-0.39, 0.29) is 5.41 Å². The average molecular weight is 398 g/mol. The molecule has 3 nitrogen and oxygen atoms in total. The monoisotopic (exact) mass is 397 g/mol. The zero-order valence-corrected chi connectivity index (χ0v) is 18.2. The number of benzene rings is 2. The second-order valence-electron chi connectivity index (χ2n) is 8.54. The van der Waals surface area contributed by atoms with Crippen molar-refractivity contribution in [2.45, 2.75) is 63.0 Å².